The van der Waals surface area contributed by atoms with E-state index < -0.39 is 15.6 Å². The molecular weight excluding hydrogens is 780 g/mol. The van der Waals surface area contributed by atoms with Crippen LogP contribution in [-0.4, -0.2) is 4.98 Å². The van der Waals surface area contributed by atoms with Crippen molar-refractivity contribution in [3.8, 4) is 22.8 Å². The van der Waals surface area contributed by atoms with Gasteiger partial charge in [-0.3, -0.25) is 18.1 Å². The van der Waals surface area contributed by atoms with Crippen LogP contribution in [0.25, 0.3) is 11.1 Å². The van der Waals surface area contributed by atoms with Crippen molar-refractivity contribution in [3.63, 3.8) is 0 Å². The summed E-state index contributed by atoms with van der Waals surface area (Å²) in [6.07, 6.45) is 4.77. The highest BCUT2D eigenvalue weighted by Gasteiger charge is 2.36. The third-order valence-electron chi connectivity index (χ3n) is 10.4. The molecule has 1 heterocycles. The normalized spacial score (nSPS) is 14.5. The molecule has 1 aliphatic carbocycles. The monoisotopic (exact) mass is 831 g/mol. The second-order valence-electron chi connectivity index (χ2n) is 15.6. The Morgan fingerprint density at radius 3 is 1.32 bits per heavy atom. The maximum absolute atomic E-state index is 15.0. The van der Waals surface area contributed by atoms with Crippen molar-refractivity contribution in [1.29, 1.82) is 0 Å². The van der Waals surface area contributed by atoms with Crippen molar-refractivity contribution in [2.24, 2.45) is 11.3 Å². The molecule has 1 aliphatic rings. The van der Waals surface area contributed by atoms with Crippen molar-refractivity contribution in [1.82, 2.24) is 4.98 Å². The molecule has 0 aliphatic heterocycles. The molecule has 9 nitrogen and oxygen atoms in total. The molecule has 1 fully saturated rings. The van der Waals surface area contributed by atoms with Crippen LogP contribution in [-0.2, 0) is 60.1 Å². The summed E-state index contributed by atoms with van der Waals surface area (Å²) < 4.78 is 67.3. The number of phosphoric ester groups is 2. The molecule has 0 spiro atoms. The van der Waals surface area contributed by atoms with Crippen LogP contribution < -0.4 is 9.05 Å². The largest absolute Gasteiger partial charge is 0.531 e. The number of hydrogen-bond acceptors (Lipinski definition) is 9. The zero-order chi connectivity index (χ0) is 41.0. The predicted molar refractivity (Wildman–Crippen MR) is 231 cm³/mol. The minimum atomic E-state index is -4.43. The number of hydrogen-bond donors (Lipinski definition) is 0. The minimum Gasteiger partial charge on any atom is -0.403 e. The van der Waals surface area contributed by atoms with E-state index in [4.69, 9.17) is 32.1 Å². The van der Waals surface area contributed by atoms with Gasteiger partial charge in [-0.2, -0.15) is 0 Å². The smallest absolute Gasteiger partial charge is 0.403 e. The SMILES string of the molecule is CC1(C)CCC(Cc2cc(OP(=O)(OCc3ccccc3)OCc3ccccc3)c(-c3ccccc3)c(OP(=O)(OCc3ccccc3)OCc3ccccc3)n2)CC1. The quantitative estimate of drug-likeness (QED) is 0.0738. The van der Waals surface area contributed by atoms with Crippen LogP contribution in [0.1, 0.15) is 67.5 Å². The van der Waals surface area contributed by atoms with Crippen LogP contribution in [0.4, 0.5) is 0 Å². The van der Waals surface area contributed by atoms with E-state index >= 15 is 0 Å². The van der Waals surface area contributed by atoms with Gasteiger partial charge >= 0.3 is 15.6 Å². The fourth-order valence-corrected chi connectivity index (χ4v) is 9.25. The first-order valence-electron chi connectivity index (χ1n) is 20.1. The molecule has 1 saturated carbocycles. The zero-order valence-corrected chi connectivity index (χ0v) is 35.3. The average Bonchev–Trinajstić information content (AvgIpc) is 3.26. The highest BCUT2D eigenvalue weighted by Crippen LogP contribution is 2.57. The Labute approximate surface area is 347 Å². The first kappa shape index (κ1) is 42.3. The van der Waals surface area contributed by atoms with Crippen LogP contribution in [0.15, 0.2) is 158 Å². The highest BCUT2D eigenvalue weighted by molar-refractivity contribution is 7.49. The zero-order valence-electron chi connectivity index (χ0n) is 33.6. The number of phosphoric acid groups is 2. The van der Waals surface area contributed by atoms with E-state index in [1.54, 1.807) is 6.07 Å². The number of pyridine rings is 1. The van der Waals surface area contributed by atoms with Crippen LogP contribution in [0, 0.1) is 11.3 Å². The highest BCUT2D eigenvalue weighted by atomic mass is 31.2. The van der Waals surface area contributed by atoms with Crippen molar-refractivity contribution >= 4 is 15.6 Å². The first-order valence-corrected chi connectivity index (χ1v) is 23.0. The molecule has 0 unspecified atom stereocenters. The number of nitrogens with zero attached hydrogens (tertiary/aromatic N) is 1. The molecule has 11 heteroatoms. The number of benzene rings is 5. The van der Waals surface area contributed by atoms with Gasteiger partial charge < -0.3 is 9.05 Å². The van der Waals surface area contributed by atoms with E-state index in [1.807, 2.05) is 152 Å². The molecular formula is C48H51NO8P2. The lowest BCUT2D eigenvalue weighted by Crippen LogP contribution is -2.22. The molecule has 5 aromatic carbocycles. The van der Waals surface area contributed by atoms with Gasteiger partial charge in [-0.15, -0.1) is 0 Å². The summed E-state index contributed by atoms with van der Waals surface area (Å²) >= 11 is 0. The Morgan fingerprint density at radius 2 is 0.915 bits per heavy atom. The van der Waals surface area contributed by atoms with Gasteiger partial charge in [0.15, 0.2) is 0 Å². The summed E-state index contributed by atoms with van der Waals surface area (Å²) in [5, 5.41) is 0. The number of aromatic nitrogens is 1. The average molecular weight is 832 g/mol. The Kier molecular flexibility index (Phi) is 14.3. The van der Waals surface area contributed by atoms with E-state index in [-0.39, 0.29) is 49.0 Å². The molecule has 6 aromatic rings. The predicted octanol–water partition coefficient (Wildman–Crippen LogP) is 13.3. The van der Waals surface area contributed by atoms with Crippen LogP contribution in [0.5, 0.6) is 11.6 Å². The maximum Gasteiger partial charge on any atom is 0.531 e. The first-order chi connectivity index (χ1) is 28.6. The molecule has 0 radical (unpaired) electrons. The lowest BCUT2D eigenvalue weighted by molar-refractivity contribution is 0.141. The van der Waals surface area contributed by atoms with Crippen LogP contribution in [0.3, 0.4) is 0 Å². The summed E-state index contributed by atoms with van der Waals surface area (Å²) in [5.41, 5.74) is 4.89. The van der Waals surface area contributed by atoms with Crippen molar-refractivity contribution in [2.45, 2.75) is 72.4 Å². The van der Waals surface area contributed by atoms with E-state index in [0.717, 1.165) is 47.9 Å². The van der Waals surface area contributed by atoms with Gasteiger partial charge in [0.2, 0.25) is 5.88 Å². The van der Waals surface area contributed by atoms with Gasteiger partial charge in [0, 0.05) is 11.8 Å². The Balaban J connectivity index is 1.31. The third kappa shape index (κ3) is 12.6. The van der Waals surface area contributed by atoms with Crippen molar-refractivity contribution in [2.75, 3.05) is 0 Å². The fourth-order valence-electron chi connectivity index (χ4n) is 6.94. The minimum absolute atomic E-state index is 0.0391. The lowest BCUT2D eigenvalue weighted by atomic mass is 9.72. The van der Waals surface area contributed by atoms with E-state index in [1.165, 1.54) is 0 Å². The fraction of sp³-hybridized carbons (Fsp3) is 0.271. The van der Waals surface area contributed by atoms with E-state index in [9.17, 15) is 9.13 Å². The Morgan fingerprint density at radius 1 is 0.542 bits per heavy atom. The lowest BCUT2D eigenvalue weighted by Gasteiger charge is -2.34. The molecule has 306 valence electrons. The summed E-state index contributed by atoms with van der Waals surface area (Å²) in [6, 6.07) is 48.7. The summed E-state index contributed by atoms with van der Waals surface area (Å²) in [4.78, 5) is 5.05. The second kappa shape index (κ2) is 19.9. The molecule has 0 N–H and O–H groups in total. The molecule has 7 rings (SSSR count). The van der Waals surface area contributed by atoms with Gasteiger partial charge in [0.05, 0.1) is 32.0 Å². The second-order valence-corrected chi connectivity index (χ2v) is 18.8. The standard InChI is InChI=1S/C48H51NO8P2/c1-48(2)30-28-38(29-31-48)32-44-33-45(56-58(50,52-34-39-18-8-3-9-19-39)53-35-40-20-10-4-11-21-40)46(43-26-16-7-17-27-43)47(49-44)57-59(51,54-36-41-22-12-5-13-23-41)55-37-42-24-14-6-15-25-42/h3-27,33,38H,28-32,34-37H2,1-2H3. The van der Waals surface area contributed by atoms with Crippen LogP contribution >= 0.6 is 15.6 Å². The summed E-state index contributed by atoms with van der Waals surface area (Å²) in [7, 11) is -8.82. The van der Waals surface area contributed by atoms with Crippen molar-refractivity contribution in [3.05, 3.63) is 186 Å². The molecule has 0 amide bonds. The molecule has 0 atom stereocenters. The van der Waals surface area contributed by atoms with Gasteiger partial charge in [-0.05, 0) is 71.3 Å². The van der Waals surface area contributed by atoms with Gasteiger partial charge in [-0.25, -0.2) is 14.1 Å². The molecule has 0 saturated heterocycles. The summed E-state index contributed by atoms with van der Waals surface area (Å²) in [5.74, 6) is 0.404. The number of rotatable bonds is 19. The van der Waals surface area contributed by atoms with Crippen LogP contribution in [0.2, 0.25) is 0 Å². The Hall–Kier alpha value is -4.85. The Bertz CT molecular complexity index is 2080. The van der Waals surface area contributed by atoms with Gasteiger partial charge in [-0.1, -0.05) is 166 Å². The van der Waals surface area contributed by atoms with E-state index in [0.29, 0.717) is 23.6 Å². The van der Waals surface area contributed by atoms with Gasteiger partial charge in [0.1, 0.15) is 5.75 Å². The molecule has 0 bridgehead atoms. The summed E-state index contributed by atoms with van der Waals surface area (Å²) in [6.45, 7) is 4.43. The maximum atomic E-state index is 15.0. The van der Waals surface area contributed by atoms with Gasteiger partial charge in [0.25, 0.3) is 0 Å². The third-order valence-corrected chi connectivity index (χ3v) is 13.0. The topological polar surface area (TPSA) is 102 Å². The molecule has 59 heavy (non-hydrogen) atoms. The molecule has 1 aromatic heterocycles. The van der Waals surface area contributed by atoms with Crippen molar-refractivity contribution < 1.29 is 36.3 Å². The van der Waals surface area contributed by atoms with E-state index in [2.05, 4.69) is 13.8 Å².